The molecule has 0 aliphatic heterocycles. The predicted octanol–water partition coefficient (Wildman–Crippen LogP) is 3.44. The Hall–Kier alpha value is -1.22. The van der Waals surface area contributed by atoms with Gasteiger partial charge in [0.05, 0.1) is 7.11 Å². The van der Waals surface area contributed by atoms with Gasteiger partial charge in [-0.05, 0) is 44.5 Å². The normalized spacial score (nSPS) is 14.9. The summed E-state index contributed by atoms with van der Waals surface area (Å²) in [4.78, 5) is 2.34. The van der Waals surface area contributed by atoms with E-state index in [4.69, 9.17) is 4.74 Å². The van der Waals surface area contributed by atoms with Crippen LogP contribution in [0.1, 0.15) is 39.3 Å². The van der Waals surface area contributed by atoms with Crippen molar-refractivity contribution in [3.8, 4) is 11.5 Å². The maximum absolute atomic E-state index is 9.61. The third-order valence-corrected chi connectivity index (χ3v) is 3.90. The van der Waals surface area contributed by atoms with Gasteiger partial charge in [0.2, 0.25) is 0 Å². The number of phenolic OH excluding ortho intramolecular Hbond substituents is 1. The Morgan fingerprint density at radius 2 is 1.78 bits per heavy atom. The highest BCUT2D eigenvalue weighted by Crippen LogP contribution is 2.31. The molecule has 0 amide bonds. The van der Waals surface area contributed by atoms with Gasteiger partial charge in [-0.1, -0.05) is 19.9 Å². The second kappa shape index (κ2) is 6.10. The summed E-state index contributed by atoms with van der Waals surface area (Å²) < 4.78 is 5.15. The molecule has 0 saturated heterocycles. The predicted molar refractivity (Wildman–Crippen MR) is 75.1 cm³/mol. The van der Waals surface area contributed by atoms with Crippen LogP contribution >= 0.6 is 0 Å². The Bertz CT molecular complexity index is 390. The molecule has 0 aliphatic carbocycles. The topological polar surface area (TPSA) is 32.7 Å². The highest BCUT2D eigenvalue weighted by atomic mass is 16.5. The van der Waals surface area contributed by atoms with E-state index in [1.165, 1.54) is 0 Å². The zero-order valence-corrected chi connectivity index (χ0v) is 12.3. The summed E-state index contributed by atoms with van der Waals surface area (Å²) in [7, 11) is 3.71. The summed E-state index contributed by atoms with van der Waals surface area (Å²) >= 11 is 0. The van der Waals surface area contributed by atoms with Gasteiger partial charge in [0.1, 0.15) is 0 Å². The first-order chi connectivity index (χ1) is 8.38. The molecule has 1 aromatic rings. The number of hydrogen-bond acceptors (Lipinski definition) is 3. The van der Waals surface area contributed by atoms with Crippen molar-refractivity contribution in [1.82, 2.24) is 4.90 Å². The molecule has 18 heavy (non-hydrogen) atoms. The SMILES string of the molecule is COc1cc(C(C)N(C)C(C)C(C)C)ccc1O. The molecule has 1 aromatic carbocycles. The molecule has 2 atom stereocenters. The Morgan fingerprint density at radius 1 is 1.17 bits per heavy atom. The number of rotatable bonds is 5. The van der Waals surface area contributed by atoms with E-state index in [1.54, 1.807) is 13.2 Å². The monoisotopic (exact) mass is 251 g/mol. The molecule has 3 heteroatoms. The van der Waals surface area contributed by atoms with E-state index in [2.05, 4.69) is 39.6 Å². The van der Waals surface area contributed by atoms with E-state index >= 15 is 0 Å². The lowest BCUT2D eigenvalue weighted by atomic mass is 10.00. The zero-order valence-electron chi connectivity index (χ0n) is 12.3. The van der Waals surface area contributed by atoms with Gasteiger partial charge in [-0.25, -0.2) is 0 Å². The Kier molecular flexibility index (Phi) is 5.03. The van der Waals surface area contributed by atoms with Crippen molar-refractivity contribution in [3.05, 3.63) is 23.8 Å². The number of benzene rings is 1. The molecule has 0 bridgehead atoms. The lowest BCUT2D eigenvalue weighted by Gasteiger charge is -2.33. The highest BCUT2D eigenvalue weighted by Gasteiger charge is 2.20. The van der Waals surface area contributed by atoms with Gasteiger partial charge >= 0.3 is 0 Å². The van der Waals surface area contributed by atoms with E-state index in [-0.39, 0.29) is 11.8 Å². The Morgan fingerprint density at radius 3 is 2.28 bits per heavy atom. The molecular formula is C15H25NO2. The first kappa shape index (κ1) is 14.8. The molecule has 0 aromatic heterocycles. The maximum Gasteiger partial charge on any atom is 0.160 e. The first-order valence-electron chi connectivity index (χ1n) is 6.47. The van der Waals surface area contributed by atoms with Crippen molar-refractivity contribution >= 4 is 0 Å². The molecule has 2 unspecified atom stereocenters. The molecule has 1 N–H and O–H groups in total. The van der Waals surface area contributed by atoms with Gasteiger partial charge in [0.25, 0.3) is 0 Å². The standard InChI is InChI=1S/C15H25NO2/c1-10(2)11(3)16(5)12(4)13-7-8-14(17)15(9-13)18-6/h7-12,17H,1-6H3. The first-order valence-corrected chi connectivity index (χ1v) is 6.47. The molecule has 0 saturated carbocycles. The molecule has 1 rings (SSSR count). The van der Waals surface area contributed by atoms with Gasteiger partial charge in [-0.15, -0.1) is 0 Å². The number of methoxy groups -OCH3 is 1. The van der Waals surface area contributed by atoms with Crippen LogP contribution in [0.3, 0.4) is 0 Å². The van der Waals surface area contributed by atoms with Crippen molar-refractivity contribution in [2.75, 3.05) is 14.2 Å². The number of nitrogens with zero attached hydrogens (tertiary/aromatic N) is 1. The number of ether oxygens (including phenoxy) is 1. The van der Waals surface area contributed by atoms with Gasteiger partial charge in [0.15, 0.2) is 11.5 Å². The van der Waals surface area contributed by atoms with Crippen molar-refractivity contribution in [2.45, 2.75) is 39.8 Å². The van der Waals surface area contributed by atoms with E-state index in [0.29, 0.717) is 17.7 Å². The molecule has 0 aliphatic rings. The van der Waals surface area contributed by atoms with E-state index in [0.717, 1.165) is 5.56 Å². The molecule has 0 fully saturated rings. The lowest BCUT2D eigenvalue weighted by Crippen LogP contribution is -2.35. The third kappa shape index (κ3) is 3.16. The van der Waals surface area contributed by atoms with Crippen molar-refractivity contribution in [1.29, 1.82) is 0 Å². The quantitative estimate of drug-likeness (QED) is 0.870. The largest absolute Gasteiger partial charge is 0.504 e. The van der Waals surface area contributed by atoms with Crippen LogP contribution in [0.2, 0.25) is 0 Å². The second-order valence-electron chi connectivity index (χ2n) is 5.26. The highest BCUT2D eigenvalue weighted by molar-refractivity contribution is 5.42. The molecule has 0 radical (unpaired) electrons. The summed E-state index contributed by atoms with van der Waals surface area (Å²) in [6.07, 6.45) is 0. The summed E-state index contributed by atoms with van der Waals surface area (Å²) in [5, 5.41) is 9.61. The van der Waals surface area contributed by atoms with Crippen molar-refractivity contribution < 1.29 is 9.84 Å². The minimum atomic E-state index is 0.188. The molecule has 0 heterocycles. The maximum atomic E-state index is 9.61. The van der Waals surface area contributed by atoms with Crippen molar-refractivity contribution in [3.63, 3.8) is 0 Å². The number of hydrogen-bond donors (Lipinski definition) is 1. The fourth-order valence-corrected chi connectivity index (χ4v) is 2.01. The third-order valence-electron chi connectivity index (χ3n) is 3.90. The smallest absolute Gasteiger partial charge is 0.160 e. The second-order valence-corrected chi connectivity index (χ2v) is 5.26. The average Bonchev–Trinajstić information content (AvgIpc) is 2.36. The summed E-state index contributed by atoms with van der Waals surface area (Å²) in [6.45, 7) is 8.86. The van der Waals surface area contributed by atoms with E-state index in [9.17, 15) is 5.11 Å². The van der Waals surface area contributed by atoms with Gasteiger partial charge in [0, 0.05) is 12.1 Å². The molecule has 0 spiro atoms. The minimum Gasteiger partial charge on any atom is -0.504 e. The van der Waals surface area contributed by atoms with Crippen LogP contribution in [-0.2, 0) is 0 Å². The van der Waals surface area contributed by atoms with E-state index in [1.807, 2.05) is 12.1 Å². The van der Waals surface area contributed by atoms with Gasteiger partial charge in [-0.3, -0.25) is 4.90 Å². The van der Waals surface area contributed by atoms with Crippen LogP contribution in [-0.4, -0.2) is 30.2 Å². The van der Waals surface area contributed by atoms with Crippen LogP contribution in [0.15, 0.2) is 18.2 Å². The van der Waals surface area contributed by atoms with Crippen LogP contribution in [0.4, 0.5) is 0 Å². The van der Waals surface area contributed by atoms with Crippen molar-refractivity contribution in [2.24, 2.45) is 5.92 Å². The fraction of sp³-hybridized carbons (Fsp3) is 0.600. The molecule has 102 valence electrons. The van der Waals surface area contributed by atoms with Gasteiger partial charge < -0.3 is 9.84 Å². The number of phenols is 1. The fourth-order valence-electron chi connectivity index (χ4n) is 2.01. The average molecular weight is 251 g/mol. The molecular weight excluding hydrogens is 226 g/mol. The lowest BCUT2D eigenvalue weighted by molar-refractivity contribution is 0.158. The Labute approximate surface area is 110 Å². The van der Waals surface area contributed by atoms with Gasteiger partial charge in [-0.2, -0.15) is 0 Å². The summed E-state index contributed by atoms with van der Waals surface area (Å²) in [5.74, 6) is 1.33. The van der Waals surface area contributed by atoms with Crippen LogP contribution in [0.25, 0.3) is 0 Å². The van der Waals surface area contributed by atoms with Crippen LogP contribution < -0.4 is 4.74 Å². The number of aromatic hydroxyl groups is 1. The zero-order chi connectivity index (χ0) is 13.9. The summed E-state index contributed by atoms with van der Waals surface area (Å²) in [6, 6.07) is 6.34. The van der Waals surface area contributed by atoms with E-state index < -0.39 is 0 Å². The molecule has 3 nitrogen and oxygen atoms in total. The minimum absolute atomic E-state index is 0.188. The van der Waals surface area contributed by atoms with Crippen LogP contribution in [0, 0.1) is 5.92 Å². The Balaban J connectivity index is 2.93. The van der Waals surface area contributed by atoms with Crippen LogP contribution in [0.5, 0.6) is 11.5 Å². The summed E-state index contributed by atoms with van der Waals surface area (Å²) in [5.41, 5.74) is 1.15.